The monoisotopic (exact) mass is 280 g/mol. The molecular formula is C15H24N2O3. The molecule has 1 N–H and O–H groups in total. The number of rotatable bonds is 11. The predicted molar refractivity (Wildman–Crippen MR) is 80.2 cm³/mol. The number of ether oxygens (including phenoxy) is 1. The number of nitrogens with one attached hydrogen (secondary N) is 1. The third-order valence-corrected chi connectivity index (χ3v) is 3.02. The predicted octanol–water partition coefficient (Wildman–Crippen LogP) is 3.53. The standard InChI is InChI=1S/C15H24N2O3/c1-2-3-11-16-12-7-4-8-13-20-15-10-6-5-9-14(15)17(18)19/h5-6,9-10,16H,2-4,7-8,11-13H2,1H3. The molecule has 0 aliphatic carbocycles. The smallest absolute Gasteiger partial charge is 0.310 e. The van der Waals surface area contributed by atoms with E-state index in [1.54, 1.807) is 18.2 Å². The Bertz CT molecular complexity index is 396. The van der Waals surface area contributed by atoms with E-state index in [9.17, 15) is 10.1 Å². The lowest BCUT2D eigenvalue weighted by Gasteiger charge is -2.07. The molecule has 112 valence electrons. The Labute approximate surface area is 120 Å². The Morgan fingerprint density at radius 2 is 1.90 bits per heavy atom. The number of benzene rings is 1. The third kappa shape index (κ3) is 6.52. The van der Waals surface area contributed by atoms with Crippen LogP contribution in [-0.2, 0) is 0 Å². The van der Waals surface area contributed by atoms with Crippen molar-refractivity contribution < 1.29 is 9.66 Å². The normalized spacial score (nSPS) is 10.4. The lowest BCUT2D eigenvalue weighted by atomic mass is 10.2. The fourth-order valence-electron chi connectivity index (χ4n) is 1.87. The summed E-state index contributed by atoms with van der Waals surface area (Å²) in [7, 11) is 0. The highest BCUT2D eigenvalue weighted by molar-refractivity contribution is 5.45. The van der Waals surface area contributed by atoms with Crippen LogP contribution in [-0.4, -0.2) is 24.6 Å². The van der Waals surface area contributed by atoms with Crippen molar-refractivity contribution in [2.24, 2.45) is 0 Å². The number of unbranched alkanes of at least 4 members (excludes halogenated alkanes) is 3. The molecule has 0 radical (unpaired) electrons. The minimum absolute atomic E-state index is 0.0359. The Morgan fingerprint density at radius 3 is 2.65 bits per heavy atom. The quantitative estimate of drug-likeness (QED) is 0.382. The molecule has 0 atom stereocenters. The van der Waals surface area contributed by atoms with Gasteiger partial charge < -0.3 is 10.1 Å². The van der Waals surface area contributed by atoms with Crippen molar-refractivity contribution in [3.8, 4) is 5.75 Å². The van der Waals surface area contributed by atoms with Crippen molar-refractivity contribution >= 4 is 5.69 Å². The molecule has 0 saturated carbocycles. The summed E-state index contributed by atoms with van der Waals surface area (Å²) in [4.78, 5) is 10.4. The molecular weight excluding hydrogens is 256 g/mol. The second-order valence-electron chi connectivity index (χ2n) is 4.74. The van der Waals surface area contributed by atoms with Crippen LogP contribution in [0.2, 0.25) is 0 Å². The van der Waals surface area contributed by atoms with E-state index in [2.05, 4.69) is 12.2 Å². The van der Waals surface area contributed by atoms with Gasteiger partial charge in [0.1, 0.15) is 0 Å². The number of nitro groups is 1. The van der Waals surface area contributed by atoms with E-state index in [-0.39, 0.29) is 5.69 Å². The summed E-state index contributed by atoms with van der Waals surface area (Å²) in [5.74, 6) is 0.360. The van der Waals surface area contributed by atoms with E-state index < -0.39 is 4.92 Å². The third-order valence-electron chi connectivity index (χ3n) is 3.02. The summed E-state index contributed by atoms with van der Waals surface area (Å²) >= 11 is 0. The summed E-state index contributed by atoms with van der Waals surface area (Å²) in [5.41, 5.74) is 0.0359. The number of hydrogen-bond acceptors (Lipinski definition) is 4. The molecule has 0 unspecified atom stereocenters. The van der Waals surface area contributed by atoms with E-state index in [0.717, 1.165) is 32.4 Å². The Hall–Kier alpha value is -1.62. The first-order valence-corrected chi connectivity index (χ1v) is 7.32. The topological polar surface area (TPSA) is 64.4 Å². The van der Waals surface area contributed by atoms with Gasteiger partial charge in [0, 0.05) is 6.07 Å². The highest BCUT2D eigenvalue weighted by atomic mass is 16.6. The maximum Gasteiger partial charge on any atom is 0.310 e. The van der Waals surface area contributed by atoms with E-state index in [1.165, 1.54) is 18.9 Å². The minimum atomic E-state index is -0.410. The second-order valence-corrected chi connectivity index (χ2v) is 4.74. The van der Waals surface area contributed by atoms with Gasteiger partial charge in [-0.05, 0) is 44.8 Å². The van der Waals surface area contributed by atoms with Gasteiger partial charge in [-0.3, -0.25) is 10.1 Å². The second kappa shape index (κ2) is 10.2. The molecule has 0 bridgehead atoms. The van der Waals surface area contributed by atoms with Crippen molar-refractivity contribution in [2.75, 3.05) is 19.7 Å². The molecule has 5 nitrogen and oxygen atoms in total. The van der Waals surface area contributed by atoms with Crippen molar-refractivity contribution in [2.45, 2.75) is 39.0 Å². The molecule has 0 aliphatic heterocycles. The van der Waals surface area contributed by atoms with E-state index in [1.807, 2.05) is 0 Å². The van der Waals surface area contributed by atoms with Gasteiger partial charge in [0.05, 0.1) is 11.5 Å². The van der Waals surface area contributed by atoms with Crippen LogP contribution in [0, 0.1) is 10.1 Å². The van der Waals surface area contributed by atoms with Crippen molar-refractivity contribution in [1.82, 2.24) is 5.32 Å². The molecule has 0 amide bonds. The van der Waals surface area contributed by atoms with Crippen LogP contribution in [0.1, 0.15) is 39.0 Å². The molecule has 5 heteroatoms. The lowest BCUT2D eigenvalue weighted by Crippen LogP contribution is -2.16. The first-order valence-electron chi connectivity index (χ1n) is 7.32. The SMILES string of the molecule is CCCCNCCCCCOc1ccccc1[N+](=O)[O-]. The molecule has 0 aromatic heterocycles. The first-order chi connectivity index (χ1) is 9.75. The molecule has 0 aliphatic rings. The summed E-state index contributed by atoms with van der Waals surface area (Å²) in [5, 5.41) is 14.2. The largest absolute Gasteiger partial charge is 0.487 e. The summed E-state index contributed by atoms with van der Waals surface area (Å²) in [6.45, 7) is 4.83. The number of nitrogens with zero attached hydrogens (tertiary/aromatic N) is 1. The zero-order chi connectivity index (χ0) is 14.6. The molecule has 0 spiro atoms. The van der Waals surface area contributed by atoms with E-state index in [4.69, 9.17) is 4.74 Å². The van der Waals surface area contributed by atoms with Crippen LogP contribution in [0.3, 0.4) is 0 Å². The van der Waals surface area contributed by atoms with Crippen LogP contribution in [0.4, 0.5) is 5.69 Å². The van der Waals surface area contributed by atoms with Crippen LogP contribution < -0.4 is 10.1 Å². The van der Waals surface area contributed by atoms with Crippen LogP contribution in [0.25, 0.3) is 0 Å². The average Bonchev–Trinajstić information content (AvgIpc) is 2.46. The Balaban J connectivity index is 2.11. The molecule has 1 aromatic rings. The van der Waals surface area contributed by atoms with Crippen molar-refractivity contribution in [3.05, 3.63) is 34.4 Å². The fraction of sp³-hybridized carbons (Fsp3) is 0.600. The number of nitro benzene ring substituents is 1. The Morgan fingerprint density at radius 1 is 1.15 bits per heavy atom. The van der Waals surface area contributed by atoms with Gasteiger partial charge in [-0.15, -0.1) is 0 Å². The van der Waals surface area contributed by atoms with Crippen molar-refractivity contribution in [3.63, 3.8) is 0 Å². The molecule has 0 saturated heterocycles. The van der Waals surface area contributed by atoms with Gasteiger partial charge in [-0.2, -0.15) is 0 Å². The molecule has 1 rings (SSSR count). The summed E-state index contributed by atoms with van der Waals surface area (Å²) in [6.07, 6.45) is 5.54. The Kier molecular flexibility index (Phi) is 8.38. The van der Waals surface area contributed by atoms with E-state index >= 15 is 0 Å². The van der Waals surface area contributed by atoms with Gasteiger partial charge in [0.15, 0.2) is 5.75 Å². The van der Waals surface area contributed by atoms with E-state index in [0.29, 0.717) is 12.4 Å². The highest BCUT2D eigenvalue weighted by Crippen LogP contribution is 2.25. The minimum Gasteiger partial charge on any atom is -0.487 e. The van der Waals surface area contributed by atoms with Crippen molar-refractivity contribution in [1.29, 1.82) is 0 Å². The van der Waals surface area contributed by atoms with Gasteiger partial charge in [-0.1, -0.05) is 25.5 Å². The molecule has 20 heavy (non-hydrogen) atoms. The highest BCUT2D eigenvalue weighted by Gasteiger charge is 2.12. The fourth-order valence-corrected chi connectivity index (χ4v) is 1.87. The lowest BCUT2D eigenvalue weighted by molar-refractivity contribution is -0.385. The maximum absolute atomic E-state index is 10.8. The van der Waals surface area contributed by atoms with Gasteiger partial charge >= 0.3 is 5.69 Å². The van der Waals surface area contributed by atoms with Crippen LogP contribution >= 0.6 is 0 Å². The van der Waals surface area contributed by atoms with Crippen LogP contribution in [0.15, 0.2) is 24.3 Å². The number of hydrogen-bond donors (Lipinski definition) is 1. The zero-order valence-corrected chi connectivity index (χ0v) is 12.1. The average molecular weight is 280 g/mol. The first kappa shape index (κ1) is 16.4. The molecule has 1 aromatic carbocycles. The number of para-hydroxylation sites is 2. The van der Waals surface area contributed by atoms with Gasteiger partial charge in [0.25, 0.3) is 0 Å². The molecule has 0 heterocycles. The zero-order valence-electron chi connectivity index (χ0n) is 12.1. The maximum atomic E-state index is 10.8. The van der Waals surface area contributed by atoms with Gasteiger partial charge in [-0.25, -0.2) is 0 Å². The van der Waals surface area contributed by atoms with Gasteiger partial charge in [0.2, 0.25) is 0 Å². The van der Waals surface area contributed by atoms with Crippen LogP contribution in [0.5, 0.6) is 5.75 Å². The summed E-state index contributed by atoms with van der Waals surface area (Å²) in [6, 6.07) is 6.50. The molecule has 0 fully saturated rings. The summed E-state index contributed by atoms with van der Waals surface area (Å²) < 4.78 is 5.48.